The fraction of sp³-hybridized carbons (Fsp3) is 0.591. The molecule has 1 aromatic carbocycles. The number of carbonyl (C=O) groups excluding carboxylic acids is 3. The lowest BCUT2D eigenvalue weighted by molar-refractivity contribution is -0.171. The standard InChI is InChI=1S/C22H28O7/c1-5-28-20(24)22(21(25)29-6-2)11-13-10-15(19(23)27-4)14-8-7-9-17(26-3)18(14)16(13)12-22/h10,17H,5-9,11-12H2,1-4H3. The van der Waals surface area contributed by atoms with E-state index < -0.39 is 23.3 Å². The number of rotatable bonds is 6. The lowest BCUT2D eigenvalue weighted by Gasteiger charge is -2.29. The summed E-state index contributed by atoms with van der Waals surface area (Å²) in [7, 11) is 2.98. The van der Waals surface area contributed by atoms with Gasteiger partial charge in [-0.1, -0.05) is 0 Å². The monoisotopic (exact) mass is 404 g/mol. The van der Waals surface area contributed by atoms with E-state index in [4.69, 9.17) is 18.9 Å². The van der Waals surface area contributed by atoms with Crippen LogP contribution in [-0.2, 0) is 47.8 Å². The molecule has 0 aliphatic heterocycles. The Morgan fingerprint density at radius 1 is 1.03 bits per heavy atom. The number of hydrogen-bond acceptors (Lipinski definition) is 7. The maximum absolute atomic E-state index is 12.9. The Labute approximate surface area is 170 Å². The molecule has 0 N–H and O–H groups in total. The summed E-state index contributed by atoms with van der Waals surface area (Å²) < 4.78 is 21.2. The highest BCUT2D eigenvalue weighted by atomic mass is 16.6. The number of benzene rings is 1. The van der Waals surface area contributed by atoms with Crippen LogP contribution in [0.4, 0.5) is 0 Å². The lowest BCUT2D eigenvalue weighted by Crippen LogP contribution is -2.43. The number of esters is 3. The Balaban J connectivity index is 2.18. The van der Waals surface area contributed by atoms with E-state index in [0.29, 0.717) is 5.56 Å². The summed E-state index contributed by atoms with van der Waals surface area (Å²) in [4.78, 5) is 38.3. The van der Waals surface area contributed by atoms with Crippen LogP contribution in [0.2, 0.25) is 0 Å². The molecule has 2 aliphatic rings. The average molecular weight is 404 g/mol. The third-order valence-electron chi connectivity index (χ3n) is 5.89. The summed E-state index contributed by atoms with van der Waals surface area (Å²) >= 11 is 0. The third kappa shape index (κ3) is 3.52. The first-order valence-electron chi connectivity index (χ1n) is 10.1. The summed E-state index contributed by atoms with van der Waals surface area (Å²) in [5.74, 6) is -1.61. The van der Waals surface area contributed by atoms with E-state index in [0.717, 1.165) is 41.5 Å². The van der Waals surface area contributed by atoms with Crippen molar-refractivity contribution in [2.75, 3.05) is 27.4 Å². The highest BCUT2D eigenvalue weighted by molar-refractivity contribution is 6.02. The molecule has 0 amide bonds. The van der Waals surface area contributed by atoms with Gasteiger partial charge in [0.05, 0.1) is 32.0 Å². The fourth-order valence-electron chi connectivity index (χ4n) is 4.61. The predicted octanol–water partition coefficient (Wildman–Crippen LogP) is 2.71. The number of fused-ring (bicyclic) bond motifs is 3. The zero-order valence-electron chi connectivity index (χ0n) is 17.5. The zero-order valence-corrected chi connectivity index (χ0v) is 17.5. The smallest absolute Gasteiger partial charge is 0.338 e. The molecule has 0 spiro atoms. The molecular weight excluding hydrogens is 376 g/mol. The quantitative estimate of drug-likeness (QED) is 0.409. The molecule has 1 aromatic rings. The molecule has 0 heterocycles. The first-order valence-corrected chi connectivity index (χ1v) is 10.1. The van der Waals surface area contributed by atoms with Crippen LogP contribution in [0, 0.1) is 5.41 Å². The van der Waals surface area contributed by atoms with Crippen molar-refractivity contribution in [2.24, 2.45) is 5.41 Å². The first kappa shape index (κ1) is 21.3. The van der Waals surface area contributed by atoms with Crippen LogP contribution in [0.1, 0.15) is 65.4 Å². The topological polar surface area (TPSA) is 88.1 Å². The van der Waals surface area contributed by atoms with Crippen LogP contribution in [0.3, 0.4) is 0 Å². The summed E-state index contributed by atoms with van der Waals surface area (Å²) in [5, 5.41) is 0. The van der Waals surface area contributed by atoms with E-state index in [1.807, 2.05) is 0 Å². The molecule has 0 aromatic heterocycles. The van der Waals surface area contributed by atoms with Crippen LogP contribution < -0.4 is 0 Å². The van der Waals surface area contributed by atoms with E-state index in [-0.39, 0.29) is 32.2 Å². The van der Waals surface area contributed by atoms with Crippen LogP contribution in [0.25, 0.3) is 0 Å². The molecule has 2 aliphatic carbocycles. The molecule has 0 radical (unpaired) electrons. The second-order valence-corrected chi connectivity index (χ2v) is 7.44. The minimum absolute atomic E-state index is 0.133. The minimum atomic E-state index is -1.44. The van der Waals surface area contributed by atoms with Crippen molar-refractivity contribution in [3.8, 4) is 0 Å². The van der Waals surface area contributed by atoms with Crippen molar-refractivity contribution in [1.82, 2.24) is 0 Å². The van der Waals surface area contributed by atoms with E-state index in [1.165, 1.54) is 7.11 Å². The van der Waals surface area contributed by atoms with Crippen molar-refractivity contribution >= 4 is 17.9 Å². The summed E-state index contributed by atoms with van der Waals surface area (Å²) in [6.07, 6.45) is 2.54. The first-order chi connectivity index (χ1) is 13.9. The molecule has 29 heavy (non-hydrogen) atoms. The van der Waals surface area contributed by atoms with Crippen molar-refractivity contribution < 1.29 is 33.3 Å². The predicted molar refractivity (Wildman–Crippen MR) is 104 cm³/mol. The molecular formula is C22H28O7. The fourth-order valence-corrected chi connectivity index (χ4v) is 4.61. The largest absolute Gasteiger partial charge is 0.465 e. The highest BCUT2D eigenvalue weighted by Crippen LogP contribution is 2.47. The van der Waals surface area contributed by atoms with Gasteiger partial charge >= 0.3 is 17.9 Å². The SMILES string of the molecule is CCOC(=O)C1(C(=O)OCC)Cc2cc(C(=O)OC)c3c(c2C1)C(OC)CCC3. The van der Waals surface area contributed by atoms with Gasteiger partial charge in [-0.2, -0.15) is 0 Å². The number of carbonyl (C=O) groups is 3. The Bertz CT molecular complexity index is 809. The Morgan fingerprint density at radius 2 is 1.69 bits per heavy atom. The van der Waals surface area contributed by atoms with E-state index in [9.17, 15) is 14.4 Å². The maximum atomic E-state index is 12.9. The Hall–Kier alpha value is -2.41. The number of ether oxygens (including phenoxy) is 4. The van der Waals surface area contributed by atoms with Crippen LogP contribution in [0.15, 0.2) is 6.07 Å². The van der Waals surface area contributed by atoms with Gasteiger partial charge in [-0.25, -0.2) is 4.79 Å². The second-order valence-electron chi connectivity index (χ2n) is 7.44. The summed E-state index contributed by atoms with van der Waals surface area (Å²) in [5.41, 5.74) is 2.50. The second kappa shape index (κ2) is 8.53. The van der Waals surface area contributed by atoms with Gasteiger partial charge in [-0.05, 0) is 67.9 Å². The molecule has 7 nitrogen and oxygen atoms in total. The van der Waals surface area contributed by atoms with Crippen LogP contribution in [-0.4, -0.2) is 45.3 Å². The van der Waals surface area contributed by atoms with Crippen molar-refractivity contribution in [3.05, 3.63) is 33.9 Å². The number of methoxy groups -OCH3 is 2. The third-order valence-corrected chi connectivity index (χ3v) is 5.89. The van der Waals surface area contributed by atoms with Gasteiger partial charge in [-0.15, -0.1) is 0 Å². The van der Waals surface area contributed by atoms with Gasteiger partial charge in [0.2, 0.25) is 0 Å². The molecule has 158 valence electrons. The van der Waals surface area contributed by atoms with Crippen molar-refractivity contribution in [3.63, 3.8) is 0 Å². The summed E-state index contributed by atoms with van der Waals surface area (Å²) in [6, 6.07) is 1.76. The molecule has 7 heteroatoms. The van der Waals surface area contributed by atoms with Gasteiger partial charge in [0.1, 0.15) is 0 Å². The lowest BCUT2D eigenvalue weighted by atomic mass is 9.80. The maximum Gasteiger partial charge on any atom is 0.338 e. The molecule has 0 saturated heterocycles. The molecule has 1 unspecified atom stereocenters. The van der Waals surface area contributed by atoms with Crippen LogP contribution >= 0.6 is 0 Å². The van der Waals surface area contributed by atoms with Gasteiger partial charge in [0.15, 0.2) is 5.41 Å². The molecule has 0 fully saturated rings. The molecule has 1 atom stereocenters. The van der Waals surface area contributed by atoms with Gasteiger partial charge in [-0.3, -0.25) is 9.59 Å². The van der Waals surface area contributed by atoms with Gasteiger partial charge in [0, 0.05) is 13.5 Å². The molecule has 0 bridgehead atoms. The van der Waals surface area contributed by atoms with Crippen molar-refractivity contribution in [2.45, 2.75) is 52.1 Å². The van der Waals surface area contributed by atoms with E-state index in [1.54, 1.807) is 27.0 Å². The highest BCUT2D eigenvalue weighted by Gasteiger charge is 2.54. The van der Waals surface area contributed by atoms with Gasteiger partial charge < -0.3 is 18.9 Å². The van der Waals surface area contributed by atoms with Gasteiger partial charge in [0.25, 0.3) is 0 Å². The van der Waals surface area contributed by atoms with E-state index in [2.05, 4.69) is 0 Å². The average Bonchev–Trinajstić information content (AvgIpc) is 3.13. The van der Waals surface area contributed by atoms with E-state index >= 15 is 0 Å². The number of hydrogen-bond donors (Lipinski definition) is 0. The minimum Gasteiger partial charge on any atom is -0.465 e. The van der Waals surface area contributed by atoms with Crippen molar-refractivity contribution in [1.29, 1.82) is 0 Å². The molecule has 0 saturated carbocycles. The van der Waals surface area contributed by atoms with Crippen LogP contribution in [0.5, 0.6) is 0 Å². The normalized spacial score (nSPS) is 19.1. The Kier molecular flexibility index (Phi) is 6.27. The zero-order chi connectivity index (χ0) is 21.2. The Morgan fingerprint density at radius 3 is 2.24 bits per heavy atom. The summed E-state index contributed by atoms with van der Waals surface area (Å²) in [6.45, 7) is 3.75. The molecule has 3 rings (SSSR count).